The van der Waals surface area contributed by atoms with Gasteiger partial charge in [-0.1, -0.05) is 63.8 Å². The molecule has 1 rings (SSSR count). The average molecular weight is 276 g/mol. The summed E-state index contributed by atoms with van der Waals surface area (Å²) in [5.41, 5.74) is 2.61. The number of esters is 1. The summed E-state index contributed by atoms with van der Waals surface area (Å²) in [6.45, 7) is 4.15. The highest BCUT2D eigenvalue weighted by Gasteiger charge is 2.13. The molecule has 0 aliphatic heterocycles. The van der Waals surface area contributed by atoms with Gasteiger partial charge < -0.3 is 4.74 Å². The van der Waals surface area contributed by atoms with Gasteiger partial charge in [0.15, 0.2) is 0 Å². The second kappa shape index (κ2) is 9.57. The van der Waals surface area contributed by atoms with Gasteiger partial charge in [0.05, 0.1) is 13.0 Å². The van der Waals surface area contributed by atoms with Gasteiger partial charge in [-0.05, 0) is 30.4 Å². The zero-order chi connectivity index (χ0) is 14.8. The van der Waals surface area contributed by atoms with Gasteiger partial charge in [0, 0.05) is 0 Å². The lowest BCUT2D eigenvalue weighted by molar-refractivity contribution is -0.144. The van der Waals surface area contributed by atoms with Crippen LogP contribution in [0.3, 0.4) is 0 Å². The minimum absolute atomic E-state index is 0.0695. The molecule has 1 aromatic carbocycles. The van der Waals surface area contributed by atoms with Crippen molar-refractivity contribution in [3.8, 4) is 0 Å². The quantitative estimate of drug-likeness (QED) is 0.488. The predicted molar refractivity (Wildman–Crippen MR) is 83.8 cm³/mol. The third-order valence-corrected chi connectivity index (χ3v) is 3.74. The molecule has 0 bridgehead atoms. The maximum absolute atomic E-state index is 11.4. The van der Waals surface area contributed by atoms with Gasteiger partial charge in [0.2, 0.25) is 0 Å². The van der Waals surface area contributed by atoms with Crippen LogP contribution in [0.1, 0.15) is 57.1 Å². The van der Waals surface area contributed by atoms with E-state index in [1.165, 1.54) is 50.3 Å². The third kappa shape index (κ3) is 6.23. The van der Waals surface area contributed by atoms with Gasteiger partial charge in [-0.15, -0.1) is 0 Å². The van der Waals surface area contributed by atoms with E-state index in [-0.39, 0.29) is 11.9 Å². The first-order chi connectivity index (χ1) is 9.67. The summed E-state index contributed by atoms with van der Waals surface area (Å²) in [6, 6.07) is 8.67. The van der Waals surface area contributed by atoms with Crippen molar-refractivity contribution in [2.24, 2.45) is 5.92 Å². The molecule has 112 valence electrons. The van der Waals surface area contributed by atoms with E-state index in [4.69, 9.17) is 4.74 Å². The topological polar surface area (TPSA) is 26.3 Å². The molecule has 0 spiro atoms. The Morgan fingerprint density at radius 3 is 2.25 bits per heavy atom. The zero-order valence-corrected chi connectivity index (χ0v) is 13.2. The molecule has 0 aromatic heterocycles. The maximum Gasteiger partial charge on any atom is 0.308 e. The van der Waals surface area contributed by atoms with Gasteiger partial charge in [-0.25, -0.2) is 0 Å². The van der Waals surface area contributed by atoms with E-state index in [1.807, 2.05) is 6.92 Å². The van der Waals surface area contributed by atoms with Crippen molar-refractivity contribution in [1.82, 2.24) is 0 Å². The standard InChI is InChI=1S/C18H28O2/c1-4-5-6-7-8-9-16-10-12-17(13-11-16)14-15(2)18(19)20-3/h10-13,15H,4-9,14H2,1-3H3. The molecule has 0 amide bonds. The first kappa shape index (κ1) is 16.7. The van der Waals surface area contributed by atoms with E-state index in [0.717, 1.165) is 12.8 Å². The molecule has 2 heteroatoms. The lowest BCUT2D eigenvalue weighted by Gasteiger charge is -2.09. The van der Waals surface area contributed by atoms with Crippen LogP contribution in [0.2, 0.25) is 0 Å². The summed E-state index contributed by atoms with van der Waals surface area (Å²) in [6.07, 6.45) is 8.52. The summed E-state index contributed by atoms with van der Waals surface area (Å²) in [5, 5.41) is 0. The first-order valence-corrected chi connectivity index (χ1v) is 7.83. The minimum atomic E-state index is -0.134. The molecule has 2 nitrogen and oxygen atoms in total. The number of unbranched alkanes of at least 4 members (excludes halogenated alkanes) is 4. The number of methoxy groups -OCH3 is 1. The zero-order valence-electron chi connectivity index (χ0n) is 13.2. The smallest absolute Gasteiger partial charge is 0.308 e. The number of rotatable bonds is 9. The highest BCUT2D eigenvalue weighted by Crippen LogP contribution is 2.13. The average Bonchev–Trinajstić information content (AvgIpc) is 2.47. The largest absolute Gasteiger partial charge is 0.469 e. The Balaban J connectivity index is 2.34. The summed E-state index contributed by atoms with van der Waals surface area (Å²) in [7, 11) is 1.44. The van der Waals surface area contributed by atoms with Crippen molar-refractivity contribution >= 4 is 5.97 Å². The van der Waals surface area contributed by atoms with Crippen LogP contribution in [-0.2, 0) is 22.4 Å². The Bertz CT molecular complexity index is 381. The summed E-state index contributed by atoms with van der Waals surface area (Å²) >= 11 is 0. The van der Waals surface area contributed by atoms with Crippen molar-refractivity contribution in [3.05, 3.63) is 35.4 Å². The summed E-state index contributed by atoms with van der Waals surface area (Å²) < 4.78 is 4.75. The molecule has 0 N–H and O–H groups in total. The Morgan fingerprint density at radius 1 is 1.05 bits per heavy atom. The number of hydrogen-bond acceptors (Lipinski definition) is 2. The minimum Gasteiger partial charge on any atom is -0.469 e. The number of aryl methyl sites for hydroxylation is 1. The van der Waals surface area contributed by atoms with E-state index in [9.17, 15) is 4.79 Å². The van der Waals surface area contributed by atoms with E-state index in [1.54, 1.807) is 0 Å². The van der Waals surface area contributed by atoms with Crippen LogP contribution in [0.25, 0.3) is 0 Å². The van der Waals surface area contributed by atoms with Crippen LogP contribution in [0.5, 0.6) is 0 Å². The molecule has 0 saturated carbocycles. The molecule has 20 heavy (non-hydrogen) atoms. The maximum atomic E-state index is 11.4. The van der Waals surface area contributed by atoms with E-state index in [0.29, 0.717) is 0 Å². The van der Waals surface area contributed by atoms with Crippen molar-refractivity contribution in [3.63, 3.8) is 0 Å². The monoisotopic (exact) mass is 276 g/mol. The highest BCUT2D eigenvalue weighted by atomic mass is 16.5. The molecule has 1 unspecified atom stereocenters. The summed E-state index contributed by atoms with van der Waals surface area (Å²) in [4.78, 5) is 11.4. The fraction of sp³-hybridized carbons (Fsp3) is 0.611. The van der Waals surface area contributed by atoms with Gasteiger partial charge in [0.1, 0.15) is 0 Å². The molecule has 0 saturated heterocycles. The van der Waals surface area contributed by atoms with Crippen molar-refractivity contribution in [1.29, 1.82) is 0 Å². The molecule has 0 aliphatic carbocycles. The van der Waals surface area contributed by atoms with Gasteiger partial charge in [0.25, 0.3) is 0 Å². The molecular formula is C18H28O2. The first-order valence-electron chi connectivity index (χ1n) is 7.83. The van der Waals surface area contributed by atoms with Crippen LogP contribution < -0.4 is 0 Å². The molecule has 0 radical (unpaired) electrons. The summed E-state index contributed by atoms with van der Waals surface area (Å²) in [5.74, 6) is -0.204. The molecular weight excluding hydrogens is 248 g/mol. The fourth-order valence-electron chi connectivity index (χ4n) is 2.41. The van der Waals surface area contributed by atoms with E-state index >= 15 is 0 Å². The number of hydrogen-bond donors (Lipinski definition) is 0. The second-order valence-corrected chi connectivity index (χ2v) is 5.61. The van der Waals surface area contributed by atoms with Crippen LogP contribution in [-0.4, -0.2) is 13.1 Å². The lowest BCUT2D eigenvalue weighted by atomic mass is 9.98. The van der Waals surface area contributed by atoms with Crippen LogP contribution in [0.4, 0.5) is 0 Å². The number of carbonyl (C=O) groups is 1. The Hall–Kier alpha value is -1.31. The number of benzene rings is 1. The van der Waals surface area contributed by atoms with Crippen LogP contribution in [0, 0.1) is 5.92 Å². The Labute approximate surface area is 123 Å². The van der Waals surface area contributed by atoms with Crippen molar-refractivity contribution in [2.45, 2.75) is 58.8 Å². The van der Waals surface area contributed by atoms with E-state index in [2.05, 4.69) is 31.2 Å². The van der Waals surface area contributed by atoms with Gasteiger partial charge >= 0.3 is 5.97 Å². The molecule has 0 heterocycles. The Kier molecular flexibility index (Phi) is 8.01. The number of carbonyl (C=O) groups excluding carboxylic acids is 1. The van der Waals surface area contributed by atoms with E-state index < -0.39 is 0 Å². The normalized spacial score (nSPS) is 12.2. The molecule has 1 atom stereocenters. The fourth-order valence-corrected chi connectivity index (χ4v) is 2.41. The highest BCUT2D eigenvalue weighted by molar-refractivity contribution is 5.72. The van der Waals surface area contributed by atoms with Crippen molar-refractivity contribution in [2.75, 3.05) is 7.11 Å². The Morgan fingerprint density at radius 2 is 1.65 bits per heavy atom. The van der Waals surface area contributed by atoms with Gasteiger partial charge in [-0.2, -0.15) is 0 Å². The molecule has 0 aliphatic rings. The molecule has 0 fully saturated rings. The molecule has 1 aromatic rings. The third-order valence-electron chi connectivity index (χ3n) is 3.74. The predicted octanol–water partition coefficient (Wildman–Crippen LogP) is 4.55. The SMILES string of the molecule is CCCCCCCc1ccc(CC(C)C(=O)OC)cc1. The lowest BCUT2D eigenvalue weighted by Crippen LogP contribution is -2.15. The number of ether oxygens (including phenoxy) is 1. The van der Waals surface area contributed by atoms with Crippen LogP contribution >= 0.6 is 0 Å². The second-order valence-electron chi connectivity index (χ2n) is 5.61. The van der Waals surface area contributed by atoms with Crippen LogP contribution in [0.15, 0.2) is 24.3 Å². The van der Waals surface area contributed by atoms with Gasteiger partial charge in [-0.3, -0.25) is 4.79 Å². The van der Waals surface area contributed by atoms with Crippen molar-refractivity contribution < 1.29 is 9.53 Å².